The van der Waals surface area contributed by atoms with Gasteiger partial charge in [0.2, 0.25) is 0 Å². The molecule has 0 bridgehead atoms. The van der Waals surface area contributed by atoms with Crippen LogP contribution < -0.4 is 5.32 Å². The number of nitrogens with zero attached hydrogens (tertiary/aromatic N) is 1. The Morgan fingerprint density at radius 1 is 0.773 bits per heavy atom. The van der Waals surface area contributed by atoms with E-state index in [0.717, 1.165) is 22.6 Å². The zero-order valence-corrected chi connectivity index (χ0v) is 12.6. The third-order valence-corrected chi connectivity index (χ3v) is 3.41. The largest absolute Gasteiger partial charge is 0.355 e. The molecule has 3 aromatic carbocycles. The molecule has 3 aromatic rings. The average molecular weight is 306 g/mol. The van der Waals surface area contributed by atoms with Crippen molar-refractivity contribution in [2.24, 2.45) is 0 Å². The SMILES string of the molecule is Clc1cc(Nc2ccccc2)ccc1C#[N+]c1ccccc1. The molecular weight excluding hydrogens is 292 g/mol. The first-order chi connectivity index (χ1) is 10.8. The van der Waals surface area contributed by atoms with Gasteiger partial charge in [0.1, 0.15) is 5.56 Å². The summed E-state index contributed by atoms with van der Waals surface area (Å²) in [6, 6.07) is 28.4. The van der Waals surface area contributed by atoms with E-state index in [0.29, 0.717) is 5.02 Å². The summed E-state index contributed by atoms with van der Waals surface area (Å²) in [6.07, 6.45) is 0. The van der Waals surface area contributed by atoms with Gasteiger partial charge in [-0.15, -0.1) is 0 Å². The van der Waals surface area contributed by atoms with Gasteiger partial charge in [0.25, 0.3) is 0 Å². The van der Waals surface area contributed by atoms with E-state index in [1.165, 1.54) is 0 Å². The average Bonchev–Trinajstić information content (AvgIpc) is 2.56. The second-order valence-electron chi connectivity index (χ2n) is 4.74. The monoisotopic (exact) mass is 305 g/mol. The van der Waals surface area contributed by atoms with Crippen molar-refractivity contribution in [2.45, 2.75) is 0 Å². The van der Waals surface area contributed by atoms with Crippen molar-refractivity contribution in [3.05, 3.63) is 94.3 Å². The van der Waals surface area contributed by atoms with Gasteiger partial charge in [-0.1, -0.05) is 48.0 Å². The molecule has 0 spiro atoms. The highest BCUT2D eigenvalue weighted by Gasteiger charge is 2.06. The molecular formula is C19H14ClN2+. The lowest BCUT2D eigenvalue weighted by Crippen LogP contribution is -1.90. The van der Waals surface area contributed by atoms with E-state index in [1.54, 1.807) is 0 Å². The van der Waals surface area contributed by atoms with Gasteiger partial charge < -0.3 is 5.32 Å². The first-order valence-electron chi connectivity index (χ1n) is 6.95. The lowest BCUT2D eigenvalue weighted by molar-refractivity contribution is 1.53. The van der Waals surface area contributed by atoms with Gasteiger partial charge in [0.05, 0.1) is 5.02 Å². The van der Waals surface area contributed by atoms with Crippen LogP contribution in [0.25, 0.3) is 4.85 Å². The Labute approximate surface area is 134 Å². The molecule has 0 aliphatic heterocycles. The summed E-state index contributed by atoms with van der Waals surface area (Å²) in [5.74, 6) is 0. The fourth-order valence-electron chi connectivity index (χ4n) is 2.00. The molecule has 0 aromatic heterocycles. The van der Waals surface area contributed by atoms with Crippen molar-refractivity contribution >= 4 is 28.7 Å². The number of halogens is 1. The van der Waals surface area contributed by atoms with Crippen molar-refractivity contribution < 1.29 is 0 Å². The maximum Gasteiger partial charge on any atom is 0.340 e. The molecule has 2 nitrogen and oxygen atoms in total. The van der Waals surface area contributed by atoms with E-state index in [4.69, 9.17) is 11.6 Å². The predicted molar refractivity (Wildman–Crippen MR) is 93.6 cm³/mol. The number of rotatable bonds is 2. The van der Waals surface area contributed by atoms with Gasteiger partial charge in [-0.25, -0.2) is 0 Å². The van der Waals surface area contributed by atoms with Crippen LogP contribution in [0, 0.1) is 6.07 Å². The van der Waals surface area contributed by atoms with Gasteiger partial charge in [-0.2, -0.15) is 0 Å². The number of hydrogen-bond donors (Lipinski definition) is 1. The summed E-state index contributed by atoms with van der Waals surface area (Å²) in [4.78, 5) is 4.30. The highest BCUT2D eigenvalue weighted by Crippen LogP contribution is 2.24. The number of nitrogens with one attached hydrogen (secondary N) is 1. The second-order valence-corrected chi connectivity index (χ2v) is 5.15. The molecule has 3 rings (SSSR count). The molecule has 0 saturated carbocycles. The molecule has 22 heavy (non-hydrogen) atoms. The van der Waals surface area contributed by atoms with Gasteiger partial charge in [0, 0.05) is 23.5 Å². The van der Waals surface area contributed by atoms with Crippen molar-refractivity contribution in [3.8, 4) is 6.07 Å². The number of para-hydroxylation sites is 2. The zero-order valence-electron chi connectivity index (χ0n) is 11.8. The molecule has 3 heteroatoms. The highest BCUT2D eigenvalue weighted by atomic mass is 35.5. The maximum atomic E-state index is 6.30. The lowest BCUT2D eigenvalue weighted by atomic mass is 10.2. The van der Waals surface area contributed by atoms with E-state index >= 15 is 0 Å². The smallest absolute Gasteiger partial charge is 0.340 e. The van der Waals surface area contributed by atoms with Crippen molar-refractivity contribution in [1.29, 1.82) is 0 Å². The van der Waals surface area contributed by atoms with Crippen LogP contribution >= 0.6 is 11.6 Å². The van der Waals surface area contributed by atoms with E-state index in [-0.39, 0.29) is 0 Å². The maximum absolute atomic E-state index is 6.30. The molecule has 0 heterocycles. The first kappa shape index (κ1) is 14.2. The van der Waals surface area contributed by atoms with Crippen LogP contribution in [-0.4, -0.2) is 0 Å². The minimum absolute atomic E-state index is 0.612. The minimum atomic E-state index is 0.612. The molecule has 106 valence electrons. The molecule has 0 atom stereocenters. The standard InChI is InChI=1S/C19H13ClN2/c20-19-13-18(22-17-9-5-2-6-10-17)12-11-15(19)14-21-16-7-3-1-4-8-16/h1-13H/p+1. The van der Waals surface area contributed by atoms with E-state index in [1.807, 2.05) is 78.9 Å². The van der Waals surface area contributed by atoms with Crippen LogP contribution in [0.5, 0.6) is 0 Å². The summed E-state index contributed by atoms with van der Waals surface area (Å²) in [5.41, 5.74) is 3.57. The van der Waals surface area contributed by atoms with Gasteiger partial charge in [0.15, 0.2) is 0 Å². The molecule has 0 amide bonds. The van der Waals surface area contributed by atoms with Crippen LogP contribution in [0.3, 0.4) is 0 Å². The molecule has 1 N–H and O–H groups in total. The second kappa shape index (κ2) is 6.80. The summed E-state index contributed by atoms with van der Waals surface area (Å²) in [6.45, 7) is 0. The summed E-state index contributed by atoms with van der Waals surface area (Å²) in [7, 11) is 0. The Balaban J connectivity index is 1.80. The third-order valence-electron chi connectivity index (χ3n) is 3.09. The Morgan fingerprint density at radius 2 is 1.45 bits per heavy atom. The van der Waals surface area contributed by atoms with Crippen LogP contribution in [0.4, 0.5) is 17.1 Å². The molecule has 0 radical (unpaired) electrons. The lowest BCUT2D eigenvalue weighted by Gasteiger charge is -2.06. The Kier molecular flexibility index (Phi) is 4.38. The van der Waals surface area contributed by atoms with Crippen molar-refractivity contribution in [3.63, 3.8) is 0 Å². The van der Waals surface area contributed by atoms with Crippen molar-refractivity contribution in [1.82, 2.24) is 0 Å². The van der Waals surface area contributed by atoms with Gasteiger partial charge in [-0.3, -0.25) is 0 Å². The third kappa shape index (κ3) is 3.66. The normalized spacial score (nSPS) is 9.68. The molecule has 0 saturated heterocycles. The quantitative estimate of drug-likeness (QED) is 0.605. The van der Waals surface area contributed by atoms with E-state index in [9.17, 15) is 0 Å². The number of anilines is 2. The molecule has 0 fully saturated rings. The van der Waals surface area contributed by atoms with Crippen LogP contribution in [0.15, 0.2) is 78.9 Å². The highest BCUT2D eigenvalue weighted by molar-refractivity contribution is 6.32. The van der Waals surface area contributed by atoms with Crippen LogP contribution in [0.1, 0.15) is 5.56 Å². The summed E-state index contributed by atoms with van der Waals surface area (Å²) in [5, 5.41) is 3.91. The van der Waals surface area contributed by atoms with Gasteiger partial charge in [-0.05, 0) is 35.2 Å². The van der Waals surface area contributed by atoms with Gasteiger partial charge >= 0.3 is 11.8 Å². The minimum Gasteiger partial charge on any atom is -0.355 e. The molecule has 0 aliphatic carbocycles. The van der Waals surface area contributed by atoms with Crippen LogP contribution in [0.2, 0.25) is 5.02 Å². The Morgan fingerprint density at radius 3 is 2.14 bits per heavy atom. The Hall–Kier alpha value is -2.76. The fraction of sp³-hybridized carbons (Fsp3) is 0. The number of hydrogen-bond acceptors (Lipinski definition) is 1. The molecule has 0 aliphatic rings. The molecule has 0 unspecified atom stereocenters. The summed E-state index contributed by atoms with van der Waals surface area (Å²) >= 11 is 6.30. The predicted octanol–water partition coefficient (Wildman–Crippen LogP) is 6.10. The van der Waals surface area contributed by atoms with E-state index < -0.39 is 0 Å². The number of benzene rings is 3. The first-order valence-corrected chi connectivity index (χ1v) is 7.32. The topological polar surface area (TPSA) is 16.4 Å². The van der Waals surface area contributed by atoms with E-state index in [2.05, 4.69) is 16.2 Å². The Bertz CT molecular complexity index is 818. The van der Waals surface area contributed by atoms with Crippen molar-refractivity contribution in [2.75, 3.05) is 5.32 Å². The zero-order chi connectivity index (χ0) is 15.2. The van der Waals surface area contributed by atoms with Crippen LogP contribution in [-0.2, 0) is 0 Å². The summed E-state index contributed by atoms with van der Waals surface area (Å²) < 4.78 is 0. The fourth-order valence-corrected chi connectivity index (χ4v) is 2.22.